The Hall–Kier alpha value is -2.53. The number of rotatable bonds is 12. The van der Waals surface area contributed by atoms with Gasteiger partial charge in [0.2, 0.25) is 0 Å². The Balaban J connectivity index is 1.69. The van der Waals surface area contributed by atoms with Gasteiger partial charge in [-0.2, -0.15) is 0 Å². The van der Waals surface area contributed by atoms with Crippen LogP contribution in [-0.4, -0.2) is 63.2 Å². The molecule has 0 saturated carbocycles. The van der Waals surface area contributed by atoms with E-state index in [2.05, 4.69) is 22.5 Å². The van der Waals surface area contributed by atoms with Crippen molar-refractivity contribution in [3.05, 3.63) is 52.0 Å². The molecule has 2 amide bonds. The van der Waals surface area contributed by atoms with Crippen LogP contribution in [0, 0.1) is 11.7 Å². The zero-order valence-corrected chi connectivity index (χ0v) is 23.0. The molecule has 1 heterocycles. The number of thiazole rings is 1. The number of methoxy groups -OCH3 is 2. The Labute approximate surface area is 222 Å². The number of allylic oxidation sites excluding steroid dienone is 1. The number of nitrogens with zero attached hydrogens (tertiary/aromatic N) is 2. The molecule has 3 rings (SSSR count). The fourth-order valence-electron chi connectivity index (χ4n) is 4.66. The molecule has 3 N–H and O–H groups in total. The van der Waals surface area contributed by atoms with Crippen LogP contribution in [0.25, 0.3) is 0 Å². The van der Waals surface area contributed by atoms with Crippen LogP contribution in [-0.2, 0) is 22.3 Å². The van der Waals surface area contributed by atoms with Gasteiger partial charge in [-0.1, -0.05) is 19.4 Å². The Bertz CT molecular complexity index is 1060. The molecule has 2 atom stereocenters. The van der Waals surface area contributed by atoms with Crippen molar-refractivity contribution in [3.63, 3.8) is 0 Å². The van der Waals surface area contributed by atoms with Gasteiger partial charge in [0.15, 0.2) is 5.13 Å². The highest BCUT2D eigenvalue weighted by atomic mass is 32.1. The van der Waals surface area contributed by atoms with Gasteiger partial charge >= 0.3 is 6.03 Å². The number of carbonyl (C=O) groups excluding carboxylic acids is 1. The van der Waals surface area contributed by atoms with Gasteiger partial charge in [-0.15, -0.1) is 11.3 Å². The quantitative estimate of drug-likeness (QED) is 0.341. The molecule has 0 saturated heterocycles. The molecule has 37 heavy (non-hydrogen) atoms. The van der Waals surface area contributed by atoms with Crippen molar-refractivity contribution < 1.29 is 23.8 Å². The summed E-state index contributed by atoms with van der Waals surface area (Å²) in [5.41, 5.74) is 2.85. The fourth-order valence-corrected chi connectivity index (χ4v) is 5.40. The first-order valence-corrected chi connectivity index (χ1v) is 13.6. The van der Waals surface area contributed by atoms with Gasteiger partial charge in [0.25, 0.3) is 0 Å². The fraction of sp³-hybridized carbons (Fsp3) is 0.556. The number of amides is 2. The third-order valence-electron chi connectivity index (χ3n) is 6.68. The Morgan fingerprint density at radius 3 is 2.89 bits per heavy atom. The maximum absolute atomic E-state index is 14.2. The minimum Gasteiger partial charge on any atom is -0.501 e. The summed E-state index contributed by atoms with van der Waals surface area (Å²) in [5.74, 6) is 0.567. The predicted octanol–water partition coefficient (Wildman–Crippen LogP) is 4.74. The average molecular weight is 535 g/mol. The maximum atomic E-state index is 14.2. The topological polar surface area (TPSA) is 96.0 Å². The van der Waals surface area contributed by atoms with Crippen LogP contribution in [0.3, 0.4) is 0 Å². The molecule has 1 aromatic carbocycles. The second-order valence-electron chi connectivity index (χ2n) is 9.35. The predicted molar refractivity (Wildman–Crippen MR) is 146 cm³/mol. The number of aromatic nitrogens is 1. The van der Waals surface area contributed by atoms with Gasteiger partial charge in [0.1, 0.15) is 5.82 Å². The van der Waals surface area contributed by atoms with E-state index in [4.69, 9.17) is 9.47 Å². The van der Waals surface area contributed by atoms with E-state index in [0.717, 1.165) is 62.2 Å². The summed E-state index contributed by atoms with van der Waals surface area (Å²) in [7, 11) is 4.89. The highest BCUT2D eigenvalue weighted by Gasteiger charge is 2.27. The van der Waals surface area contributed by atoms with E-state index in [9.17, 15) is 14.3 Å². The molecular formula is C27H39FN4O4S. The minimum atomic E-state index is -0.789. The second-order valence-corrected chi connectivity index (χ2v) is 10.2. The van der Waals surface area contributed by atoms with E-state index >= 15 is 0 Å². The standard InChI is InChI=1S/C27H39FN4O4S/c1-18-7-5-6-8-24(36-4)25(18)23(33)15-19-9-10-20(28)16-22(19)32(2)27(34)31-26-30-21(17-37-26)11-12-29-13-14-35-3/h9-10,16-18,23,29,33H,5-8,11-15H2,1-4H3,(H,30,31,34). The highest BCUT2D eigenvalue weighted by Crippen LogP contribution is 2.34. The zero-order valence-electron chi connectivity index (χ0n) is 22.2. The Morgan fingerprint density at radius 1 is 1.32 bits per heavy atom. The summed E-state index contributed by atoms with van der Waals surface area (Å²) >= 11 is 1.34. The van der Waals surface area contributed by atoms with E-state index in [0.29, 0.717) is 23.0 Å². The van der Waals surface area contributed by atoms with E-state index in [1.54, 1.807) is 27.3 Å². The first-order valence-electron chi connectivity index (χ1n) is 12.8. The lowest BCUT2D eigenvalue weighted by atomic mass is 9.89. The molecule has 204 valence electrons. The molecule has 8 nitrogen and oxygen atoms in total. The minimum absolute atomic E-state index is 0.187. The SMILES string of the molecule is COCCNCCc1csc(NC(=O)N(C)c2cc(F)ccc2CC(O)C2=C(OC)CCCCC2C)n1. The molecule has 1 aromatic heterocycles. The monoisotopic (exact) mass is 534 g/mol. The zero-order chi connectivity index (χ0) is 26.8. The summed E-state index contributed by atoms with van der Waals surface area (Å²) in [6, 6.07) is 3.88. The lowest BCUT2D eigenvalue weighted by Crippen LogP contribution is -2.32. The van der Waals surface area contributed by atoms with Crippen LogP contribution < -0.4 is 15.5 Å². The van der Waals surface area contributed by atoms with Crippen molar-refractivity contribution in [2.24, 2.45) is 5.92 Å². The highest BCUT2D eigenvalue weighted by molar-refractivity contribution is 7.13. The third-order valence-corrected chi connectivity index (χ3v) is 7.49. The third kappa shape index (κ3) is 8.23. The number of urea groups is 1. The number of hydrogen-bond acceptors (Lipinski definition) is 7. The van der Waals surface area contributed by atoms with Gasteiger partial charge in [-0.05, 0) is 42.0 Å². The molecule has 0 radical (unpaired) electrons. The van der Waals surface area contributed by atoms with E-state index in [-0.39, 0.29) is 12.3 Å². The van der Waals surface area contributed by atoms with Crippen LogP contribution in [0.1, 0.15) is 43.9 Å². The molecule has 2 aromatic rings. The van der Waals surface area contributed by atoms with Crippen molar-refractivity contribution >= 4 is 28.2 Å². The number of anilines is 2. The van der Waals surface area contributed by atoms with Crippen LogP contribution in [0.2, 0.25) is 0 Å². The summed E-state index contributed by atoms with van der Waals surface area (Å²) < 4.78 is 24.9. The number of carbonyl (C=O) groups is 1. The van der Waals surface area contributed by atoms with E-state index in [1.807, 2.05) is 5.38 Å². The first-order chi connectivity index (χ1) is 17.8. The van der Waals surface area contributed by atoms with Crippen LogP contribution in [0.5, 0.6) is 0 Å². The number of nitrogens with one attached hydrogen (secondary N) is 2. The average Bonchev–Trinajstić information content (AvgIpc) is 3.23. The van der Waals surface area contributed by atoms with Gasteiger partial charge in [-0.3, -0.25) is 10.2 Å². The largest absolute Gasteiger partial charge is 0.501 e. The summed E-state index contributed by atoms with van der Waals surface area (Å²) in [6.07, 6.45) is 4.08. The van der Waals surface area contributed by atoms with E-state index < -0.39 is 18.0 Å². The van der Waals surface area contributed by atoms with Gasteiger partial charge in [0, 0.05) is 51.9 Å². The molecule has 1 aliphatic carbocycles. The Kier molecular flexibility index (Phi) is 11.3. The second kappa shape index (κ2) is 14.4. The molecular weight excluding hydrogens is 495 g/mol. The lowest BCUT2D eigenvalue weighted by Gasteiger charge is -2.25. The number of aliphatic hydroxyl groups excluding tert-OH is 1. The van der Waals surface area contributed by atoms with Gasteiger partial charge in [-0.25, -0.2) is 14.2 Å². The molecule has 1 aliphatic rings. The number of ether oxygens (including phenoxy) is 2. The van der Waals surface area contributed by atoms with Gasteiger partial charge < -0.3 is 19.9 Å². The Morgan fingerprint density at radius 2 is 2.14 bits per heavy atom. The van der Waals surface area contributed by atoms with E-state index in [1.165, 1.54) is 28.4 Å². The summed E-state index contributed by atoms with van der Waals surface area (Å²) in [6.45, 7) is 4.28. The van der Waals surface area contributed by atoms with Crippen molar-refractivity contribution in [3.8, 4) is 0 Å². The normalized spacial score (nSPS) is 16.9. The molecule has 2 unspecified atom stereocenters. The molecule has 0 aliphatic heterocycles. The molecule has 0 spiro atoms. The van der Waals surface area contributed by atoms with Crippen molar-refractivity contribution in [2.45, 2.75) is 51.6 Å². The van der Waals surface area contributed by atoms with Crippen LogP contribution in [0.15, 0.2) is 34.9 Å². The number of hydrogen-bond donors (Lipinski definition) is 3. The molecule has 0 bridgehead atoms. The van der Waals surface area contributed by atoms with Crippen LogP contribution in [0.4, 0.5) is 20.0 Å². The van der Waals surface area contributed by atoms with Crippen molar-refractivity contribution in [1.82, 2.24) is 10.3 Å². The summed E-state index contributed by atoms with van der Waals surface area (Å²) in [4.78, 5) is 18.9. The lowest BCUT2D eigenvalue weighted by molar-refractivity contribution is 0.180. The first kappa shape index (κ1) is 29.0. The number of aliphatic hydroxyl groups is 1. The summed E-state index contributed by atoms with van der Waals surface area (Å²) in [5, 5.41) is 19.7. The molecule has 10 heteroatoms. The maximum Gasteiger partial charge on any atom is 0.327 e. The number of benzene rings is 1. The van der Waals surface area contributed by atoms with Crippen molar-refractivity contribution in [2.75, 3.05) is 51.2 Å². The van der Waals surface area contributed by atoms with Crippen LogP contribution >= 0.6 is 11.3 Å². The molecule has 0 fully saturated rings. The van der Waals surface area contributed by atoms with Gasteiger partial charge in [0.05, 0.1) is 37.0 Å². The number of halogens is 1. The smallest absolute Gasteiger partial charge is 0.327 e. The van der Waals surface area contributed by atoms with Crippen molar-refractivity contribution in [1.29, 1.82) is 0 Å².